The lowest BCUT2D eigenvalue weighted by atomic mass is 9.72. The van der Waals surface area contributed by atoms with Crippen molar-refractivity contribution < 1.29 is 13.2 Å². The number of hydrogen-bond donors (Lipinski definition) is 2. The van der Waals surface area contributed by atoms with Crippen molar-refractivity contribution in [1.29, 1.82) is 0 Å². The fourth-order valence-corrected chi connectivity index (χ4v) is 4.19. The molecule has 0 radical (unpaired) electrons. The van der Waals surface area contributed by atoms with Gasteiger partial charge in [0, 0.05) is 29.9 Å². The number of nitrogens with two attached hydrogens (primary N) is 2. The molecule has 26 heavy (non-hydrogen) atoms. The summed E-state index contributed by atoms with van der Waals surface area (Å²) in [7, 11) is -4.20. The first-order chi connectivity index (χ1) is 12.3. The number of hydrogen-bond acceptors (Lipinski definition) is 7. The van der Waals surface area contributed by atoms with Gasteiger partial charge >= 0.3 is 0 Å². The summed E-state index contributed by atoms with van der Waals surface area (Å²) in [5.74, 6) is -0.809. The summed E-state index contributed by atoms with van der Waals surface area (Å²) in [5, 5.41) is 4.08. The zero-order valence-electron chi connectivity index (χ0n) is 13.8. The van der Waals surface area contributed by atoms with E-state index in [0.29, 0.717) is 5.69 Å². The predicted octanol–water partition coefficient (Wildman–Crippen LogP) is -0.500. The van der Waals surface area contributed by atoms with Gasteiger partial charge in [0.2, 0.25) is 15.9 Å². The summed E-state index contributed by atoms with van der Waals surface area (Å²) in [6.07, 6.45) is 8.48. The van der Waals surface area contributed by atoms with Gasteiger partial charge < -0.3 is 5.73 Å². The quantitative estimate of drug-likeness (QED) is 0.733. The third-order valence-electron chi connectivity index (χ3n) is 4.09. The summed E-state index contributed by atoms with van der Waals surface area (Å²) in [6, 6.07) is 3.20. The number of carbonyl (C=O) groups excluding carboxylic acids is 1. The number of allylic oxidation sites excluding steroid dienone is 2. The van der Waals surface area contributed by atoms with Crippen molar-refractivity contribution in [3.63, 3.8) is 0 Å². The summed E-state index contributed by atoms with van der Waals surface area (Å²) in [5.41, 5.74) is 4.32. The number of primary sulfonamides is 1. The molecule has 2 heterocycles. The minimum absolute atomic E-state index is 0.0130. The van der Waals surface area contributed by atoms with Crippen molar-refractivity contribution >= 4 is 15.9 Å². The molecule has 134 valence electrons. The Kier molecular flexibility index (Phi) is 4.38. The van der Waals surface area contributed by atoms with E-state index in [0.717, 1.165) is 0 Å². The van der Waals surface area contributed by atoms with Crippen LogP contribution in [0, 0.1) is 6.92 Å². The Hall–Kier alpha value is -2.98. The number of carbonyl (C=O) groups is 1. The van der Waals surface area contributed by atoms with Crippen LogP contribution in [0.2, 0.25) is 0 Å². The Bertz CT molecular complexity index is 1020. The molecule has 0 saturated heterocycles. The number of primary amides is 1. The molecule has 4 N–H and O–H groups in total. The van der Waals surface area contributed by atoms with Crippen LogP contribution >= 0.6 is 0 Å². The van der Waals surface area contributed by atoms with Crippen LogP contribution < -0.4 is 10.9 Å². The number of rotatable bonds is 4. The lowest BCUT2D eigenvalue weighted by Gasteiger charge is -2.37. The topological polar surface area (TPSA) is 155 Å². The zero-order valence-corrected chi connectivity index (χ0v) is 14.6. The van der Waals surface area contributed by atoms with Gasteiger partial charge in [-0.25, -0.2) is 33.5 Å². The van der Waals surface area contributed by atoms with Gasteiger partial charge in [0.05, 0.1) is 0 Å². The van der Waals surface area contributed by atoms with Crippen LogP contribution in [-0.4, -0.2) is 39.5 Å². The molecule has 2 unspecified atom stereocenters. The number of nitrogens with zero attached hydrogens (tertiary/aromatic N) is 4. The highest BCUT2D eigenvalue weighted by Crippen LogP contribution is 2.43. The summed E-state index contributed by atoms with van der Waals surface area (Å²) >= 11 is 0. The summed E-state index contributed by atoms with van der Waals surface area (Å²) in [4.78, 5) is 29.2. The third kappa shape index (κ3) is 2.78. The van der Waals surface area contributed by atoms with E-state index in [1.54, 1.807) is 19.1 Å². The molecule has 0 spiro atoms. The molecule has 0 aromatic carbocycles. The summed E-state index contributed by atoms with van der Waals surface area (Å²) in [6.45, 7) is 1.71. The third-order valence-corrected chi connectivity index (χ3v) is 5.30. The van der Waals surface area contributed by atoms with Crippen LogP contribution in [0.15, 0.2) is 54.5 Å². The van der Waals surface area contributed by atoms with Gasteiger partial charge in [0.1, 0.15) is 22.3 Å². The van der Waals surface area contributed by atoms with Gasteiger partial charge in [-0.05, 0) is 19.1 Å². The maximum atomic E-state index is 12.4. The fourth-order valence-electron chi connectivity index (χ4n) is 3.05. The van der Waals surface area contributed by atoms with E-state index in [1.807, 2.05) is 0 Å². The Morgan fingerprint density at radius 1 is 1.15 bits per heavy atom. The van der Waals surface area contributed by atoms with E-state index in [2.05, 4.69) is 19.9 Å². The van der Waals surface area contributed by atoms with Gasteiger partial charge in [-0.15, -0.1) is 0 Å². The van der Waals surface area contributed by atoms with Gasteiger partial charge in [-0.3, -0.25) is 4.79 Å². The first-order valence-corrected chi connectivity index (χ1v) is 9.17. The minimum atomic E-state index is -4.20. The Balaban J connectivity index is 2.48. The molecular weight excluding hydrogens is 356 g/mol. The van der Waals surface area contributed by atoms with E-state index < -0.39 is 26.6 Å². The van der Waals surface area contributed by atoms with Crippen LogP contribution in [0.1, 0.15) is 17.3 Å². The van der Waals surface area contributed by atoms with Gasteiger partial charge in [0.25, 0.3) is 0 Å². The van der Waals surface area contributed by atoms with Crippen LogP contribution in [0.25, 0.3) is 0 Å². The first kappa shape index (κ1) is 17.8. The molecule has 3 rings (SSSR count). The predicted molar refractivity (Wildman–Crippen MR) is 92.9 cm³/mol. The second-order valence-electron chi connectivity index (χ2n) is 5.74. The maximum Gasteiger partial charge on any atom is 0.246 e. The second-order valence-corrected chi connectivity index (χ2v) is 7.43. The highest BCUT2D eigenvalue weighted by molar-refractivity contribution is 7.90. The molecule has 1 aliphatic rings. The molecule has 0 saturated carbocycles. The molecule has 0 bridgehead atoms. The molecule has 10 heteroatoms. The van der Waals surface area contributed by atoms with Crippen molar-refractivity contribution in [3.05, 3.63) is 71.9 Å². The second kappa shape index (κ2) is 6.39. The van der Waals surface area contributed by atoms with Crippen molar-refractivity contribution in [2.45, 2.75) is 17.6 Å². The molecule has 1 amide bonds. The van der Waals surface area contributed by atoms with Crippen LogP contribution in [0.3, 0.4) is 0 Å². The average Bonchev–Trinajstić information content (AvgIpc) is 2.60. The van der Waals surface area contributed by atoms with Gasteiger partial charge in [-0.2, -0.15) is 0 Å². The maximum absolute atomic E-state index is 12.4. The SMILES string of the molecule is Cc1ccnc(C2(c3ncccn3)C(C(N)=O)=CC=CC2S(N)(=O)=O)n1. The lowest BCUT2D eigenvalue weighted by molar-refractivity contribution is -0.115. The molecule has 0 fully saturated rings. The smallest absolute Gasteiger partial charge is 0.246 e. The molecule has 2 aromatic rings. The number of aryl methyl sites for hydroxylation is 1. The highest BCUT2D eigenvalue weighted by atomic mass is 32.2. The molecular formula is C16H16N6O3S. The molecule has 1 aliphatic carbocycles. The number of amides is 1. The molecule has 2 aromatic heterocycles. The monoisotopic (exact) mass is 372 g/mol. The van der Waals surface area contributed by atoms with Crippen molar-refractivity contribution in [3.8, 4) is 0 Å². The number of aromatic nitrogens is 4. The summed E-state index contributed by atoms with van der Waals surface area (Å²) < 4.78 is 24.9. The van der Waals surface area contributed by atoms with Crippen molar-refractivity contribution in [2.24, 2.45) is 10.9 Å². The molecule has 2 atom stereocenters. The minimum Gasteiger partial charge on any atom is -0.366 e. The fraction of sp³-hybridized carbons (Fsp3) is 0.188. The Morgan fingerprint density at radius 2 is 1.81 bits per heavy atom. The Labute approximate surface area is 150 Å². The van der Waals surface area contributed by atoms with E-state index >= 15 is 0 Å². The van der Waals surface area contributed by atoms with Crippen molar-refractivity contribution in [2.75, 3.05) is 0 Å². The van der Waals surface area contributed by atoms with E-state index in [-0.39, 0.29) is 17.2 Å². The largest absolute Gasteiger partial charge is 0.366 e. The van der Waals surface area contributed by atoms with E-state index in [1.165, 1.54) is 36.8 Å². The number of sulfonamides is 1. The normalized spacial score (nSPS) is 22.7. The van der Waals surface area contributed by atoms with Crippen LogP contribution in [0.4, 0.5) is 0 Å². The molecule has 0 aliphatic heterocycles. The van der Waals surface area contributed by atoms with E-state index in [9.17, 15) is 13.2 Å². The standard InChI is InChI=1S/C16H16N6O3S/c1-10-6-9-21-15(22-10)16(14-19-7-3-8-20-14)11(13(17)23)4-2-5-12(16)26(18,24)25/h2-9,12H,1H3,(H2,17,23)(H2,18,24,25). The van der Waals surface area contributed by atoms with E-state index in [4.69, 9.17) is 10.9 Å². The van der Waals surface area contributed by atoms with Gasteiger partial charge in [0.15, 0.2) is 0 Å². The molecule has 9 nitrogen and oxygen atoms in total. The lowest BCUT2D eigenvalue weighted by Crippen LogP contribution is -2.53. The highest BCUT2D eigenvalue weighted by Gasteiger charge is 2.56. The Morgan fingerprint density at radius 3 is 2.38 bits per heavy atom. The van der Waals surface area contributed by atoms with Crippen LogP contribution in [0.5, 0.6) is 0 Å². The van der Waals surface area contributed by atoms with Gasteiger partial charge in [-0.1, -0.05) is 18.2 Å². The van der Waals surface area contributed by atoms with Crippen molar-refractivity contribution in [1.82, 2.24) is 19.9 Å². The van der Waals surface area contributed by atoms with Crippen LogP contribution in [-0.2, 0) is 20.2 Å². The zero-order chi connectivity index (χ0) is 18.9. The first-order valence-electron chi connectivity index (χ1n) is 7.56. The average molecular weight is 372 g/mol.